The van der Waals surface area contributed by atoms with Crippen LogP contribution in [0.2, 0.25) is 0 Å². The maximum atomic E-state index is 8.71. The van der Waals surface area contributed by atoms with Crippen LogP contribution in [0, 0.1) is 20.8 Å². The first-order valence-electron chi connectivity index (χ1n) is 4.87. The van der Waals surface area contributed by atoms with Crippen molar-refractivity contribution in [3.8, 4) is 0 Å². The summed E-state index contributed by atoms with van der Waals surface area (Å²) < 4.78 is 0. The van der Waals surface area contributed by atoms with Gasteiger partial charge < -0.3 is 5.21 Å². The minimum atomic E-state index is -0.351. The molecule has 0 aliphatic carbocycles. The first kappa shape index (κ1) is 12.1. The van der Waals surface area contributed by atoms with Gasteiger partial charge in [0, 0.05) is 0 Å². The Labute approximate surface area is 95.6 Å². The summed E-state index contributed by atoms with van der Waals surface area (Å²) in [6.45, 7) is 7.82. The van der Waals surface area contributed by atoms with Gasteiger partial charge in [0.2, 0.25) is 0 Å². The Kier molecular flexibility index (Phi) is 3.75. The average Bonchev–Trinajstić information content (AvgIpc) is 2.14. The lowest BCUT2D eigenvalue weighted by molar-refractivity contribution is 0.317. The highest BCUT2D eigenvalue weighted by atomic mass is 35.5. The number of hydrogen-bond acceptors (Lipinski definition) is 2. The molecule has 0 radical (unpaired) electrons. The lowest BCUT2D eigenvalue weighted by atomic mass is 9.95. The molecule has 0 aliphatic rings. The van der Waals surface area contributed by atoms with Gasteiger partial charge in [0.25, 0.3) is 0 Å². The molecule has 82 valence electrons. The van der Waals surface area contributed by atoms with E-state index >= 15 is 0 Å². The summed E-state index contributed by atoms with van der Waals surface area (Å²) in [6, 6.07) is 4.17. The third-order valence-electron chi connectivity index (χ3n) is 2.52. The molecule has 0 aliphatic heterocycles. The fourth-order valence-electron chi connectivity index (χ4n) is 1.85. The van der Waals surface area contributed by atoms with Gasteiger partial charge in [0.1, 0.15) is 5.38 Å². The first-order valence-corrected chi connectivity index (χ1v) is 5.31. The lowest BCUT2D eigenvalue weighted by Gasteiger charge is -2.15. The predicted octanol–water partition coefficient (Wildman–Crippen LogP) is 3.74. The van der Waals surface area contributed by atoms with Crippen molar-refractivity contribution in [1.82, 2.24) is 0 Å². The molecule has 0 saturated carbocycles. The summed E-state index contributed by atoms with van der Waals surface area (Å²) >= 11 is 6.23. The minimum absolute atomic E-state index is 0.351. The number of aryl methyl sites for hydroxylation is 3. The largest absolute Gasteiger partial charge is 0.411 e. The highest BCUT2D eigenvalue weighted by Gasteiger charge is 2.16. The third-order valence-corrected chi connectivity index (χ3v) is 3.05. The van der Waals surface area contributed by atoms with Gasteiger partial charge in [0.05, 0.1) is 5.71 Å². The summed E-state index contributed by atoms with van der Waals surface area (Å²) in [4.78, 5) is 0. The van der Waals surface area contributed by atoms with Crippen LogP contribution in [0.25, 0.3) is 0 Å². The van der Waals surface area contributed by atoms with Crippen LogP contribution in [0.5, 0.6) is 0 Å². The maximum absolute atomic E-state index is 8.71. The molecular weight excluding hydrogens is 210 g/mol. The van der Waals surface area contributed by atoms with Crippen molar-refractivity contribution in [1.29, 1.82) is 0 Å². The molecule has 0 amide bonds. The number of hydrogen-bond donors (Lipinski definition) is 1. The smallest absolute Gasteiger partial charge is 0.100 e. The number of halogens is 1. The summed E-state index contributed by atoms with van der Waals surface area (Å²) in [5, 5.41) is 11.5. The summed E-state index contributed by atoms with van der Waals surface area (Å²) in [5.74, 6) is 0. The monoisotopic (exact) mass is 225 g/mol. The number of benzene rings is 1. The molecule has 1 aromatic carbocycles. The molecule has 0 fully saturated rings. The summed E-state index contributed by atoms with van der Waals surface area (Å²) in [7, 11) is 0. The molecule has 0 saturated heterocycles. The van der Waals surface area contributed by atoms with Crippen molar-refractivity contribution < 1.29 is 5.21 Å². The predicted molar refractivity (Wildman–Crippen MR) is 64.1 cm³/mol. The van der Waals surface area contributed by atoms with E-state index in [9.17, 15) is 0 Å². The second kappa shape index (κ2) is 4.67. The van der Waals surface area contributed by atoms with Crippen molar-refractivity contribution in [3.63, 3.8) is 0 Å². The topological polar surface area (TPSA) is 32.6 Å². The number of alkyl halides is 1. The van der Waals surface area contributed by atoms with Crippen LogP contribution in [0.3, 0.4) is 0 Å². The molecule has 0 aromatic heterocycles. The van der Waals surface area contributed by atoms with Crippen molar-refractivity contribution in [3.05, 3.63) is 34.4 Å². The van der Waals surface area contributed by atoms with Crippen LogP contribution in [-0.2, 0) is 0 Å². The normalized spacial score (nSPS) is 14.1. The highest BCUT2D eigenvalue weighted by molar-refractivity contribution is 6.31. The molecule has 0 spiro atoms. The van der Waals surface area contributed by atoms with Crippen LogP contribution in [0.15, 0.2) is 17.3 Å². The minimum Gasteiger partial charge on any atom is -0.411 e. The van der Waals surface area contributed by atoms with Crippen molar-refractivity contribution in [2.75, 3.05) is 0 Å². The summed E-state index contributed by atoms with van der Waals surface area (Å²) in [6.07, 6.45) is 0. The molecule has 15 heavy (non-hydrogen) atoms. The average molecular weight is 226 g/mol. The fraction of sp³-hybridized carbons (Fsp3) is 0.417. The number of nitrogens with zero attached hydrogens (tertiary/aromatic N) is 1. The van der Waals surface area contributed by atoms with Crippen LogP contribution >= 0.6 is 11.6 Å². The van der Waals surface area contributed by atoms with Crippen molar-refractivity contribution in [2.45, 2.75) is 33.1 Å². The van der Waals surface area contributed by atoms with Crippen molar-refractivity contribution >= 4 is 17.3 Å². The zero-order valence-corrected chi connectivity index (χ0v) is 10.3. The standard InChI is InChI=1S/C12H16ClNO/c1-7-5-8(2)11(9(3)6-7)12(13)10(4)14-15/h5-6,12,15H,1-4H3/b14-10+. The molecule has 1 rings (SSSR count). The fourth-order valence-corrected chi connectivity index (χ4v) is 2.24. The van der Waals surface area contributed by atoms with E-state index in [1.165, 1.54) is 5.56 Å². The Morgan fingerprint density at radius 2 is 1.73 bits per heavy atom. The van der Waals surface area contributed by atoms with Gasteiger partial charge in [-0.15, -0.1) is 11.6 Å². The molecule has 3 heteroatoms. The van der Waals surface area contributed by atoms with E-state index in [4.69, 9.17) is 16.8 Å². The molecule has 1 atom stereocenters. The van der Waals surface area contributed by atoms with Gasteiger partial charge in [-0.05, 0) is 44.4 Å². The van der Waals surface area contributed by atoms with Gasteiger partial charge in [-0.1, -0.05) is 22.9 Å². The Morgan fingerprint density at radius 1 is 1.27 bits per heavy atom. The molecule has 2 nitrogen and oxygen atoms in total. The van der Waals surface area contributed by atoms with E-state index in [0.717, 1.165) is 16.7 Å². The van der Waals surface area contributed by atoms with Gasteiger partial charge in [-0.3, -0.25) is 0 Å². The van der Waals surface area contributed by atoms with E-state index in [-0.39, 0.29) is 5.38 Å². The van der Waals surface area contributed by atoms with Crippen molar-refractivity contribution in [2.24, 2.45) is 5.16 Å². The Balaban J connectivity index is 3.26. The number of oxime groups is 1. The zero-order chi connectivity index (χ0) is 11.6. The van der Waals surface area contributed by atoms with Crippen LogP contribution in [-0.4, -0.2) is 10.9 Å². The molecule has 0 bridgehead atoms. The Hall–Kier alpha value is -1.02. The van der Waals surface area contributed by atoms with Crippen LogP contribution in [0.4, 0.5) is 0 Å². The number of rotatable bonds is 2. The third kappa shape index (κ3) is 2.51. The van der Waals surface area contributed by atoms with Gasteiger partial charge >= 0.3 is 0 Å². The second-order valence-electron chi connectivity index (χ2n) is 3.92. The van der Waals surface area contributed by atoms with E-state index in [1.807, 2.05) is 13.8 Å². The van der Waals surface area contributed by atoms with E-state index in [2.05, 4.69) is 24.2 Å². The summed E-state index contributed by atoms with van der Waals surface area (Å²) in [5.41, 5.74) is 5.05. The second-order valence-corrected chi connectivity index (χ2v) is 4.35. The van der Waals surface area contributed by atoms with Gasteiger partial charge in [-0.25, -0.2) is 0 Å². The first-order chi connectivity index (χ1) is 6.97. The Morgan fingerprint density at radius 3 is 2.13 bits per heavy atom. The molecule has 1 N–H and O–H groups in total. The molecule has 0 heterocycles. The molecule has 1 unspecified atom stereocenters. The lowest BCUT2D eigenvalue weighted by Crippen LogP contribution is -2.07. The molecular formula is C12H16ClNO. The quantitative estimate of drug-likeness (QED) is 0.354. The van der Waals surface area contributed by atoms with E-state index in [1.54, 1.807) is 6.92 Å². The van der Waals surface area contributed by atoms with Gasteiger partial charge in [-0.2, -0.15) is 0 Å². The maximum Gasteiger partial charge on any atom is 0.100 e. The van der Waals surface area contributed by atoms with E-state index in [0.29, 0.717) is 5.71 Å². The Bertz CT molecular complexity index is 376. The SMILES string of the molecule is C/C(=N\O)C(Cl)c1c(C)cc(C)cc1C. The van der Waals surface area contributed by atoms with Crippen LogP contribution in [0.1, 0.15) is 34.6 Å². The highest BCUT2D eigenvalue weighted by Crippen LogP contribution is 2.29. The molecule has 1 aromatic rings. The zero-order valence-electron chi connectivity index (χ0n) is 9.50. The van der Waals surface area contributed by atoms with E-state index < -0.39 is 0 Å². The van der Waals surface area contributed by atoms with Crippen LogP contribution < -0.4 is 0 Å². The van der Waals surface area contributed by atoms with Gasteiger partial charge in [0.15, 0.2) is 0 Å².